The van der Waals surface area contributed by atoms with Crippen LogP contribution in [-0.4, -0.2) is 19.5 Å². The van der Waals surface area contributed by atoms with Gasteiger partial charge in [-0.25, -0.2) is 0 Å². The molecular formula is C8H16O2. The van der Waals surface area contributed by atoms with E-state index in [2.05, 4.69) is 0 Å². The fourth-order valence-electron chi connectivity index (χ4n) is 0.736. The largest absolute Gasteiger partial charge is 0.381 e. The minimum atomic E-state index is -0.311. The minimum Gasteiger partial charge on any atom is -0.381 e. The van der Waals surface area contributed by atoms with E-state index in [0.29, 0.717) is 0 Å². The standard InChI is InChI=1S/C8H16O2/c1-5-8(3,6-9)7(2)10-4/h6-7H,5H2,1-4H3. The summed E-state index contributed by atoms with van der Waals surface area (Å²) in [6, 6.07) is 0. The Hall–Kier alpha value is -0.370. The second kappa shape index (κ2) is 3.71. The number of ether oxygens (including phenoxy) is 1. The lowest BCUT2D eigenvalue weighted by Crippen LogP contribution is -2.32. The summed E-state index contributed by atoms with van der Waals surface area (Å²) >= 11 is 0. The summed E-state index contributed by atoms with van der Waals surface area (Å²) in [5.41, 5.74) is -0.311. The number of hydrogen-bond acceptors (Lipinski definition) is 2. The van der Waals surface area contributed by atoms with Gasteiger partial charge in [-0.2, -0.15) is 0 Å². The van der Waals surface area contributed by atoms with Crippen molar-refractivity contribution in [3.05, 3.63) is 0 Å². The first kappa shape index (κ1) is 9.63. The van der Waals surface area contributed by atoms with E-state index in [1.807, 2.05) is 20.8 Å². The normalized spacial score (nSPS) is 19.6. The molecule has 0 aromatic carbocycles. The molecule has 0 saturated carbocycles. The second-order valence-corrected chi connectivity index (χ2v) is 2.86. The zero-order valence-electron chi connectivity index (χ0n) is 7.18. The first-order valence-corrected chi connectivity index (χ1v) is 3.60. The van der Waals surface area contributed by atoms with Crippen LogP contribution >= 0.6 is 0 Å². The fraction of sp³-hybridized carbons (Fsp3) is 0.875. The van der Waals surface area contributed by atoms with Gasteiger partial charge in [0.1, 0.15) is 6.29 Å². The summed E-state index contributed by atoms with van der Waals surface area (Å²) in [5.74, 6) is 0. The van der Waals surface area contributed by atoms with Crippen LogP contribution in [0.2, 0.25) is 0 Å². The molecule has 10 heavy (non-hydrogen) atoms. The van der Waals surface area contributed by atoms with Crippen molar-refractivity contribution >= 4 is 6.29 Å². The van der Waals surface area contributed by atoms with Crippen LogP contribution in [0.5, 0.6) is 0 Å². The smallest absolute Gasteiger partial charge is 0.128 e. The molecule has 0 bridgehead atoms. The first-order chi connectivity index (χ1) is 4.60. The molecule has 0 saturated heterocycles. The van der Waals surface area contributed by atoms with E-state index in [1.54, 1.807) is 7.11 Å². The molecule has 0 aromatic heterocycles. The highest BCUT2D eigenvalue weighted by molar-refractivity contribution is 5.59. The third-order valence-corrected chi connectivity index (χ3v) is 2.31. The Kier molecular flexibility index (Phi) is 3.58. The summed E-state index contributed by atoms with van der Waals surface area (Å²) in [4.78, 5) is 10.6. The molecule has 0 heterocycles. The molecule has 0 amide bonds. The third-order valence-electron chi connectivity index (χ3n) is 2.31. The Morgan fingerprint density at radius 1 is 1.70 bits per heavy atom. The summed E-state index contributed by atoms with van der Waals surface area (Å²) in [6.45, 7) is 5.82. The van der Waals surface area contributed by atoms with Crippen LogP contribution in [0.15, 0.2) is 0 Å². The van der Waals surface area contributed by atoms with Crippen molar-refractivity contribution in [2.75, 3.05) is 7.11 Å². The van der Waals surface area contributed by atoms with Gasteiger partial charge in [0.15, 0.2) is 0 Å². The van der Waals surface area contributed by atoms with Gasteiger partial charge in [-0.05, 0) is 13.3 Å². The molecule has 60 valence electrons. The van der Waals surface area contributed by atoms with Crippen LogP contribution in [-0.2, 0) is 9.53 Å². The molecule has 0 radical (unpaired) electrons. The monoisotopic (exact) mass is 144 g/mol. The van der Waals surface area contributed by atoms with Crippen molar-refractivity contribution in [3.8, 4) is 0 Å². The van der Waals surface area contributed by atoms with E-state index >= 15 is 0 Å². The van der Waals surface area contributed by atoms with E-state index in [4.69, 9.17) is 4.74 Å². The summed E-state index contributed by atoms with van der Waals surface area (Å²) in [7, 11) is 1.63. The highest BCUT2D eigenvalue weighted by Gasteiger charge is 2.28. The molecule has 2 unspecified atom stereocenters. The predicted octanol–water partition coefficient (Wildman–Crippen LogP) is 1.64. The van der Waals surface area contributed by atoms with Crippen molar-refractivity contribution < 1.29 is 9.53 Å². The van der Waals surface area contributed by atoms with Gasteiger partial charge < -0.3 is 9.53 Å². The molecule has 0 aromatic rings. The SMILES string of the molecule is CCC(C)(C=O)C(C)OC. The number of carbonyl (C=O) groups is 1. The molecule has 0 aliphatic rings. The average Bonchev–Trinajstić information content (AvgIpc) is 2.01. The van der Waals surface area contributed by atoms with Crippen LogP contribution in [0.1, 0.15) is 27.2 Å². The number of carbonyl (C=O) groups excluding carboxylic acids is 1. The lowest BCUT2D eigenvalue weighted by Gasteiger charge is -2.27. The molecule has 0 aliphatic heterocycles. The fourth-order valence-corrected chi connectivity index (χ4v) is 0.736. The zero-order valence-corrected chi connectivity index (χ0v) is 7.18. The Morgan fingerprint density at radius 2 is 2.20 bits per heavy atom. The Balaban J connectivity index is 4.16. The van der Waals surface area contributed by atoms with Gasteiger partial charge in [0.05, 0.1) is 6.10 Å². The number of aldehydes is 1. The minimum absolute atomic E-state index is 0.00926. The molecule has 2 atom stereocenters. The predicted molar refractivity (Wildman–Crippen MR) is 40.9 cm³/mol. The maximum absolute atomic E-state index is 10.6. The highest BCUT2D eigenvalue weighted by atomic mass is 16.5. The van der Waals surface area contributed by atoms with E-state index in [9.17, 15) is 4.79 Å². The lowest BCUT2D eigenvalue weighted by molar-refractivity contribution is -0.122. The van der Waals surface area contributed by atoms with Crippen LogP contribution in [0, 0.1) is 5.41 Å². The topological polar surface area (TPSA) is 26.3 Å². The molecule has 0 aliphatic carbocycles. The number of hydrogen-bond donors (Lipinski definition) is 0. The van der Waals surface area contributed by atoms with Crippen molar-refractivity contribution in [1.82, 2.24) is 0 Å². The van der Waals surface area contributed by atoms with Gasteiger partial charge >= 0.3 is 0 Å². The highest BCUT2D eigenvalue weighted by Crippen LogP contribution is 2.24. The van der Waals surface area contributed by atoms with E-state index in [0.717, 1.165) is 12.7 Å². The Labute approximate surface area is 62.6 Å². The second-order valence-electron chi connectivity index (χ2n) is 2.86. The lowest BCUT2D eigenvalue weighted by atomic mass is 9.84. The van der Waals surface area contributed by atoms with E-state index in [1.165, 1.54) is 0 Å². The summed E-state index contributed by atoms with van der Waals surface area (Å²) < 4.78 is 5.07. The van der Waals surface area contributed by atoms with Crippen molar-refractivity contribution in [2.45, 2.75) is 33.3 Å². The van der Waals surface area contributed by atoms with Crippen LogP contribution in [0.25, 0.3) is 0 Å². The molecule has 0 rings (SSSR count). The maximum Gasteiger partial charge on any atom is 0.128 e. The molecule has 2 heteroatoms. The number of methoxy groups -OCH3 is 1. The van der Waals surface area contributed by atoms with Crippen LogP contribution < -0.4 is 0 Å². The van der Waals surface area contributed by atoms with Crippen molar-refractivity contribution in [2.24, 2.45) is 5.41 Å². The van der Waals surface area contributed by atoms with Gasteiger partial charge in [-0.15, -0.1) is 0 Å². The van der Waals surface area contributed by atoms with Crippen LogP contribution in [0.3, 0.4) is 0 Å². The molecule has 0 N–H and O–H groups in total. The van der Waals surface area contributed by atoms with Crippen LogP contribution in [0.4, 0.5) is 0 Å². The van der Waals surface area contributed by atoms with Gasteiger partial charge in [0.2, 0.25) is 0 Å². The summed E-state index contributed by atoms with van der Waals surface area (Å²) in [5, 5.41) is 0. The van der Waals surface area contributed by atoms with Gasteiger partial charge in [0.25, 0.3) is 0 Å². The molecular weight excluding hydrogens is 128 g/mol. The molecule has 0 fully saturated rings. The average molecular weight is 144 g/mol. The van der Waals surface area contributed by atoms with Gasteiger partial charge in [-0.3, -0.25) is 0 Å². The van der Waals surface area contributed by atoms with Crippen molar-refractivity contribution in [1.29, 1.82) is 0 Å². The maximum atomic E-state index is 10.6. The third kappa shape index (κ3) is 1.81. The van der Waals surface area contributed by atoms with Gasteiger partial charge in [-0.1, -0.05) is 13.8 Å². The number of rotatable bonds is 4. The zero-order chi connectivity index (χ0) is 8.20. The molecule has 2 nitrogen and oxygen atoms in total. The van der Waals surface area contributed by atoms with Crippen molar-refractivity contribution in [3.63, 3.8) is 0 Å². The summed E-state index contributed by atoms with van der Waals surface area (Å²) in [6.07, 6.45) is 1.81. The quantitative estimate of drug-likeness (QED) is 0.561. The van der Waals surface area contributed by atoms with Gasteiger partial charge in [0, 0.05) is 12.5 Å². The van der Waals surface area contributed by atoms with E-state index in [-0.39, 0.29) is 11.5 Å². The Morgan fingerprint density at radius 3 is 2.30 bits per heavy atom. The molecule has 0 spiro atoms. The van der Waals surface area contributed by atoms with E-state index < -0.39 is 0 Å². The first-order valence-electron chi connectivity index (χ1n) is 3.60. The Bertz CT molecular complexity index is 112.